The standard InChI is InChI=1S/C15H17FN2O/c16-13-3-1-2-12(10-13)11-19-15-6-4-14(5-7-15)18-9-8-17/h1-7,10,18H,8-9,11,17H2. The Labute approximate surface area is 112 Å². The smallest absolute Gasteiger partial charge is 0.123 e. The fourth-order valence-electron chi connectivity index (χ4n) is 1.68. The summed E-state index contributed by atoms with van der Waals surface area (Å²) >= 11 is 0. The average molecular weight is 260 g/mol. The van der Waals surface area contributed by atoms with Gasteiger partial charge in [-0.15, -0.1) is 0 Å². The first-order valence-corrected chi connectivity index (χ1v) is 6.19. The Morgan fingerprint density at radius 3 is 2.58 bits per heavy atom. The van der Waals surface area contributed by atoms with Crippen molar-refractivity contribution in [1.29, 1.82) is 0 Å². The van der Waals surface area contributed by atoms with Crippen molar-refractivity contribution in [2.45, 2.75) is 6.61 Å². The van der Waals surface area contributed by atoms with Crippen LogP contribution in [0.4, 0.5) is 10.1 Å². The normalized spacial score (nSPS) is 10.2. The highest BCUT2D eigenvalue weighted by molar-refractivity contribution is 5.46. The fourth-order valence-corrected chi connectivity index (χ4v) is 1.68. The van der Waals surface area contributed by atoms with Gasteiger partial charge in [0.1, 0.15) is 18.2 Å². The van der Waals surface area contributed by atoms with Crippen LogP contribution >= 0.6 is 0 Å². The van der Waals surface area contributed by atoms with E-state index in [4.69, 9.17) is 10.5 Å². The summed E-state index contributed by atoms with van der Waals surface area (Å²) in [6, 6.07) is 14.0. The molecule has 0 aliphatic heterocycles. The highest BCUT2D eigenvalue weighted by Crippen LogP contribution is 2.17. The summed E-state index contributed by atoms with van der Waals surface area (Å²) in [5.41, 5.74) is 7.23. The minimum atomic E-state index is -0.248. The van der Waals surface area contributed by atoms with Gasteiger partial charge >= 0.3 is 0 Å². The number of nitrogens with one attached hydrogen (secondary N) is 1. The van der Waals surface area contributed by atoms with Gasteiger partial charge in [-0.1, -0.05) is 12.1 Å². The quantitative estimate of drug-likeness (QED) is 0.839. The highest BCUT2D eigenvalue weighted by atomic mass is 19.1. The first-order chi connectivity index (χ1) is 9.28. The molecule has 100 valence electrons. The second-order valence-electron chi connectivity index (χ2n) is 4.16. The second-order valence-corrected chi connectivity index (χ2v) is 4.16. The first kappa shape index (κ1) is 13.4. The van der Waals surface area contributed by atoms with Crippen LogP contribution in [-0.2, 0) is 6.61 Å². The van der Waals surface area contributed by atoms with Gasteiger partial charge in [0, 0.05) is 18.8 Å². The summed E-state index contributed by atoms with van der Waals surface area (Å²) in [5, 5.41) is 3.17. The molecule has 2 aromatic carbocycles. The summed E-state index contributed by atoms with van der Waals surface area (Å²) in [7, 11) is 0. The number of rotatable bonds is 6. The van der Waals surface area contributed by atoms with E-state index in [1.165, 1.54) is 12.1 Å². The predicted molar refractivity (Wildman–Crippen MR) is 74.7 cm³/mol. The number of benzene rings is 2. The molecule has 2 aromatic rings. The molecule has 0 radical (unpaired) electrons. The van der Waals surface area contributed by atoms with Crippen molar-refractivity contribution in [2.75, 3.05) is 18.4 Å². The summed E-state index contributed by atoms with van der Waals surface area (Å²) in [6.45, 7) is 1.69. The zero-order valence-corrected chi connectivity index (χ0v) is 10.6. The van der Waals surface area contributed by atoms with Gasteiger partial charge in [-0.05, 0) is 42.0 Å². The maximum Gasteiger partial charge on any atom is 0.123 e. The Kier molecular flexibility index (Phi) is 4.75. The molecule has 0 saturated heterocycles. The summed E-state index contributed by atoms with van der Waals surface area (Å²) in [4.78, 5) is 0. The van der Waals surface area contributed by atoms with Crippen molar-refractivity contribution in [3.8, 4) is 5.75 Å². The van der Waals surface area contributed by atoms with Crippen molar-refractivity contribution in [1.82, 2.24) is 0 Å². The monoisotopic (exact) mass is 260 g/mol. The van der Waals surface area contributed by atoms with Crippen LogP contribution in [0.3, 0.4) is 0 Å². The first-order valence-electron chi connectivity index (χ1n) is 6.19. The van der Waals surface area contributed by atoms with Gasteiger partial charge in [-0.2, -0.15) is 0 Å². The molecular formula is C15H17FN2O. The molecule has 3 N–H and O–H groups in total. The second kappa shape index (κ2) is 6.75. The molecule has 2 rings (SSSR count). The third-order valence-corrected chi connectivity index (χ3v) is 2.62. The van der Waals surface area contributed by atoms with Crippen LogP contribution in [0, 0.1) is 5.82 Å². The molecule has 0 fully saturated rings. The van der Waals surface area contributed by atoms with Crippen LogP contribution in [0.2, 0.25) is 0 Å². The van der Waals surface area contributed by atoms with Gasteiger partial charge in [0.15, 0.2) is 0 Å². The van der Waals surface area contributed by atoms with Crippen molar-refractivity contribution < 1.29 is 9.13 Å². The lowest BCUT2D eigenvalue weighted by Gasteiger charge is -2.08. The average Bonchev–Trinajstić information content (AvgIpc) is 2.44. The molecule has 0 atom stereocenters. The SMILES string of the molecule is NCCNc1ccc(OCc2cccc(F)c2)cc1. The maximum absolute atomic E-state index is 13.0. The Balaban J connectivity index is 1.89. The van der Waals surface area contributed by atoms with Crippen LogP contribution in [0.1, 0.15) is 5.56 Å². The molecule has 0 saturated carbocycles. The lowest BCUT2D eigenvalue weighted by molar-refractivity contribution is 0.305. The molecule has 0 amide bonds. The summed E-state index contributed by atoms with van der Waals surface area (Å²) in [6.07, 6.45) is 0. The van der Waals surface area contributed by atoms with Crippen molar-refractivity contribution in [2.24, 2.45) is 5.73 Å². The third-order valence-electron chi connectivity index (χ3n) is 2.62. The number of halogens is 1. The topological polar surface area (TPSA) is 47.3 Å². The van der Waals surface area contributed by atoms with Crippen molar-refractivity contribution in [3.05, 3.63) is 59.9 Å². The van der Waals surface area contributed by atoms with E-state index in [0.29, 0.717) is 13.2 Å². The fraction of sp³-hybridized carbons (Fsp3) is 0.200. The van der Waals surface area contributed by atoms with Crippen LogP contribution in [0.5, 0.6) is 5.75 Å². The van der Waals surface area contributed by atoms with Crippen molar-refractivity contribution >= 4 is 5.69 Å². The number of anilines is 1. The third kappa shape index (κ3) is 4.26. The van der Waals surface area contributed by atoms with Gasteiger partial charge in [0.25, 0.3) is 0 Å². The highest BCUT2D eigenvalue weighted by Gasteiger charge is 1.98. The number of hydrogen-bond acceptors (Lipinski definition) is 3. The minimum absolute atomic E-state index is 0.248. The van der Waals surface area contributed by atoms with Crippen molar-refractivity contribution in [3.63, 3.8) is 0 Å². The molecule has 19 heavy (non-hydrogen) atoms. The van der Waals surface area contributed by atoms with E-state index < -0.39 is 0 Å². The Bertz CT molecular complexity index is 514. The zero-order chi connectivity index (χ0) is 13.5. The molecule has 0 aliphatic carbocycles. The lowest BCUT2D eigenvalue weighted by atomic mass is 10.2. The molecule has 0 spiro atoms. The number of ether oxygens (including phenoxy) is 1. The van der Waals surface area contributed by atoms with E-state index in [1.54, 1.807) is 6.07 Å². The van der Waals surface area contributed by atoms with E-state index in [2.05, 4.69) is 5.32 Å². The van der Waals surface area contributed by atoms with E-state index in [-0.39, 0.29) is 5.82 Å². The lowest BCUT2D eigenvalue weighted by Crippen LogP contribution is -2.12. The van der Waals surface area contributed by atoms with Gasteiger partial charge in [-0.25, -0.2) is 4.39 Å². The van der Waals surface area contributed by atoms with E-state index in [9.17, 15) is 4.39 Å². The Hall–Kier alpha value is -2.07. The van der Waals surface area contributed by atoms with Crippen LogP contribution in [0.15, 0.2) is 48.5 Å². The maximum atomic E-state index is 13.0. The summed E-state index contributed by atoms with van der Waals surface area (Å²) < 4.78 is 18.6. The molecule has 0 bridgehead atoms. The minimum Gasteiger partial charge on any atom is -0.489 e. The van der Waals surface area contributed by atoms with Gasteiger partial charge in [0.2, 0.25) is 0 Å². The van der Waals surface area contributed by atoms with E-state index >= 15 is 0 Å². The Morgan fingerprint density at radius 2 is 1.89 bits per heavy atom. The predicted octanol–water partition coefficient (Wildman–Crippen LogP) is 2.78. The van der Waals surface area contributed by atoms with Gasteiger partial charge < -0.3 is 15.8 Å². The largest absolute Gasteiger partial charge is 0.489 e. The van der Waals surface area contributed by atoms with Crippen LogP contribution < -0.4 is 15.8 Å². The molecule has 4 heteroatoms. The summed E-state index contributed by atoms with van der Waals surface area (Å²) in [5.74, 6) is 0.505. The molecule has 0 unspecified atom stereocenters. The van der Waals surface area contributed by atoms with Crippen LogP contribution in [-0.4, -0.2) is 13.1 Å². The Morgan fingerprint density at radius 1 is 1.11 bits per heavy atom. The zero-order valence-electron chi connectivity index (χ0n) is 10.6. The molecular weight excluding hydrogens is 243 g/mol. The van der Waals surface area contributed by atoms with E-state index in [0.717, 1.165) is 23.5 Å². The van der Waals surface area contributed by atoms with Crippen LogP contribution in [0.25, 0.3) is 0 Å². The van der Waals surface area contributed by atoms with E-state index in [1.807, 2.05) is 30.3 Å². The molecule has 0 aliphatic rings. The molecule has 0 aromatic heterocycles. The van der Waals surface area contributed by atoms with Gasteiger partial charge in [-0.3, -0.25) is 0 Å². The molecule has 0 heterocycles. The number of nitrogens with two attached hydrogens (primary N) is 1. The van der Waals surface area contributed by atoms with Gasteiger partial charge in [0.05, 0.1) is 0 Å². The number of hydrogen-bond donors (Lipinski definition) is 2. The molecule has 3 nitrogen and oxygen atoms in total.